The van der Waals surface area contributed by atoms with E-state index >= 15 is 0 Å². The minimum absolute atomic E-state index is 0.745. The summed E-state index contributed by atoms with van der Waals surface area (Å²) in [4.78, 5) is 13.2. The Morgan fingerprint density at radius 3 is 2.62 bits per heavy atom. The molecule has 0 saturated heterocycles. The van der Waals surface area contributed by atoms with Gasteiger partial charge in [0.1, 0.15) is 5.69 Å². The molecule has 0 radical (unpaired) electrons. The maximum Gasteiger partial charge on any atom is 0.159 e. The Bertz CT molecular complexity index is 1410. The maximum atomic E-state index is 5.82. The number of benzene rings is 2. The van der Waals surface area contributed by atoms with Gasteiger partial charge in [-0.15, -0.1) is 11.3 Å². The van der Waals surface area contributed by atoms with Crippen molar-refractivity contribution in [3.05, 3.63) is 101 Å². The lowest BCUT2D eigenvalue weighted by atomic mass is 10.1. The van der Waals surface area contributed by atoms with Crippen LogP contribution in [0.4, 0.5) is 5.69 Å². The first-order valence-electron chi connectivity index (χ1n) is 11.3. The Hall–Kier alpha value is -3.81. The van der Waals surface area contributed by atoms with E-state index in [4.69, 9.17) is 15.8 Å². The molecule has 0 aliphatic carbocycles. The number of anilines is 1. The second kappa shape index (κ2) is 8.85. The molecule has 1 aliphatic heterocycles. The van der Waals surface area contributed by atoms with Crippen molar-refractivity contribution in [1.29, 1.82) is 0 Å². The molecule has 0 unspecified atom stereocenters. The number of fused-ring (bicyclic) bond motifs is 1. The third-order valence-corrected chi connectivity index (χ3v) is 7.02. The Balaban J connectivity index is 1.25. The standard InChI is InChI=1S/C27H24N6S/c28-22-10-8-19(9-11-22)27-29-15-20-16-32(13-12-24(20)30-27)17-21-18-33(23-5-2-1-3-6-23)31-26(21)25-7-4-14-34-25/h1-11,14-15,18H,12-13,16-17,28H2. The zero-order valence-corrected chi connectivity index (χ0v) is 19.4. The van der Waals surface area contributed by atoms with E-state index in [0.717, 1.165) is 60.2 Å². The molecular weight excluding hydrogens is 440 g/mol. The van der Waals surface area contributed by atoms with Gasteiger partial charge in [-0.2, -0.15) is 5.10 Å². The highest BCUT2D eigenvalue weighted by Crippen LogP contribution is 2.30. The molecule has 0 atom stereocenters. The van der Waals surface area contributed by atoms with Gasteiger partial charge in [-0.05, 0) is 47.8 Å². The number of para-hydroxylation sites is 1. The van der Waals surface area contributed by atoms with Crippen molar-refractivity contribution in [2.45, 2.75) is 19.5 Å². The molecule has 0 spiro atoms. The van der Waals surface area contributed by atoms with E-state index in [0.29, 0.717) is 0 Å². The first kappa shape index (κ1) is 20.8. The predicted molar refractivity (Wildman–Crippen MR) is 137 cm³/mol. The monoisotopic (exact) mass is 464 g/mol. The van der Waals surface area contributed by atoms with Gasteiger partial charge in [-0.25, -0.2) is 14.6 Å². The first-order valence-corrected chi connectivity index (χ1v) is 12.2. The van der Waals surface area contributed by atoms with Gasteiger partial charge < -0.3 is 5.73 Å². The van der Waals surface area contributed by atoms with E-state index in [2.05, 4.69) is 45.7 Å². The molecule has 6 rings (SSSR count). The fraction of sp³-hybridized carbons (Fsp3) is 0.148. The van der Waals surface area contributed by atoms with Gasteiger partial charge >= 0.3 is 0 Å². The lowest BCUT2D eigenvalue weighted by molar-refractivity contribution is 0.243. The molecule has 1 aliphatic rings. The molecule has 7 heteroatoms. The maximum absolute atomic E-state index is 5.82. The average Bonchev–Trinajstić information content (AvgIpc) is 3.55. The highest BCUT2D eigenvalue weighted by molar-refractivity contribution is 7.13. The van der Waals surface area contributed by atoms with Crippen LogP contribution in [0.5, 0.6) is 0 Å². The number of hydrogen-bond acceptors (Lipinski definition) is 6. The van der Waals surface area contributed by atoms with Gasteiger partial charge in [0.05, 0.1) is 16.3 Å². The lowest BCUT2D eigenvalue weighted by Gasteiger charge is -2.28. The van der Waals surface area contributed by atoms with Gasteiger partial charge in [0.2, 0.25) is 0 Å². The fourth-order valence-electron chi connectivity index (χ4n) is 4.38. The zero-order valence-electron chi connectivity index (χ0n) is 18.6. The molecule has 0 fully saturated rings. The highest BCUT2D eigenvalue weighted by Gasteiger charge is 2.22. The van der Waals surface area contributed by atoms with E-state index < -0.39 is 0 Å². The van der Waals surface area contributed by atoms with E-state index in [1.807, 2.05) is 53.3 Å². The molecule has 0 bridgehead atoms. The Labute approximate surface area is 202 Å². The van der Waals surface area contributed by atoms with Crippen molar-refractivity contribution in [2.75, 3.05) is 12.3 Å². The molecule has 0 amide bonds. The van der Waals surface area contributed by atoms with Crippen LogP contribution >= 0.6 is 11.3 Å². The van der Waals surface area contributed by atoms with Gasteiger partial charge in [-0.3, -0.25) is 4.90 Å². The third-order valence-electron chi connectivity index (χ3n) is 6.14. The second-order valence-corrected chi connectivity index (χ2v) is 9.46. The fourth-order valence-corrected chi connectivity index (χ4v) is 5.13. The van der Waals surface area contributed by atoms with Crippen LogP contribution < -0.4 is 5.73 Å². The summed E-state index contributed by atoms with van der Waals surface area (Å²) in [6.07, 6.45) is 5.05. The third kappa shape index (κ3) is 4.11. The molecule has 168 valence electrons. The topological polar surface area (TPSA) is 72.9 Å². The van der Waals surface area contributed by atoms with Gasteiger partial charge in [0, 0.05) is 60.8 Å². The highest BCUT2D eigenvalue weighted by atomic mass is 32.1. The average molecular weight is 465 g/mol. The predicted octanol–water partition coefficient (Wildman–Crippen LogP) is 5.20. The Kier molecular flexibility index (Phi) is 5.41. The van der Waals surface area contributed by atoms with Crippen molar-refractivity contribution >= 4 is 17.0 Å². The molecule has 3 aromatic heterocycles. The van der Waals surface area contributed by atoms with Crippen LogP contribution in [0, 0.1) is 0 Å². The number of nitrogens with zero attached hydrogens (tertiary/aromatic N) is 5. The number of aromatic nitrogens is 4. The summed E-state index contributed by atoms with van der Waals surface area (Å²) < 4.78 is 1.99. The van der Waals surface area contributed by atoms with Crippen LogP contribution in [-0.4, -0.2) is 31.2 Å². The molecule has 0 saturated carbocycles. The molecule has 2 aromatic carbocycles. The van der Waals surface area contributed by atoms with Crippen LogP contribution in [0.1, 0.15) is 16.8 Å². The lowest BCUT2D eigenvalue weighted by Crippen LogP contribution is -2.31. The van der Waals surface area contributed by atoms with Crippen molar-refractivity contribution in [2.24, 2.45) is 0 Å². The molecule has 4 heterocycles. The van der Waals surface area contributed by atoms with Gasteiger partial charge in [0.15, 0.2) is 5.82 Å². The summed E-state index contributed by atoms with van der Waals surface area (Å²) in [6.45, 7) is 2.61. The van der Waals surface area contributed by atoms with Crippen LogP contribution in [0.2, 0.25) is 0 Å². The van der Waals surface area contributed by atoms with Crippen molar-refractivity contribution in [3.63, 3.8) is 0 Å². The van der Waals surface area contributed by atoms with Crippen LogP contribution in [0.3, 0.4) is 0 Å². The Morgan fingerprint density at radius 1 is 0.971 bits per heavy atom. The number of nitrogen functional groups attached to an aromatic ring is 1. The van der Waals surface area contributed by atoms with E-state index in [9.17, 15) is 0 Å². The smallest absolute Gasteiger partial charge is 0.159 e. The number of nitrogens with two attached hydrogens (primary N) is 1. The largest absolute Gasteiger partial charge is 0.399 e. The van der Waals surface area contributed by atoms with Gasteiger partial charge in [-0.1, -0.05) is 24.3 Å². The van der Waals surface area contributed by atoms with E-state index in [-0.39, 0.29) is 0 Å². The minimum atomic E-state index is 0.745. The summed E-state index contributed by atoms with van der Waals surface area (Å²) in [5, 5.41) is 7.06. The molecule has 5 aromatic rings. The summed E-state index contributed by atoms with van der Waals surface area (Å²) in [7, 11) is 0. The van der Waals surface area contributed by atoms with Crippen molar-refractivity contribution < 1.29 is 0 Å². The van der Waals surface area contributed by atoms with Gasteiger partial charge in [0.25, 0.3) is 0 Å². The summed E-state index contributed by atoms with van der Waals surface area (Å²) in [5.41, 5.74) is 13.2. The number of hydrogen-bond donors (Lipinski definition) is 1. The number of rotatable bonds is 5. The van der Waals surface area contributed by atoms with Crippen molar-refractivity contribution in [1.82, 2.24) is 24.6 Å². The quantitative estimate of drug-likeness (QED) is 0.362. The number of thiophene rings is 1. The van der Waals surface area contributed by atoms with Crippen LogP contribution in [-0.2, 0) is 19.5 Å². The van der Waals surface area contributed by atoms with Crippen LogP contribution in [0.15, 0.2) is 84.5 Å². The zero-order chi connectivity index (χ0) is 22.9. The second-order valence-electron chi connectivity index (χ2n) is 8.51. The molecule has 6 nitrogen and oxygen atoms in total. The van der Waals surface area contributed by atoms with E-state index in [1.165, 1.54) is 16.0 Å². The SMILES string of the molecule is Nc1ccc(-c2ncc3c(n2)CCN(Cc2cn(-c4ccccc4)nc2-c2cccs2)C3)cc1. The summed E-state index contributed by atoms with van der Waals surface area (Å²) in [6, 6.07) is 22.2. The van der Waals surface area contributed by atoms with Crippen LogP contribution in [0.25, 0.3) is 27.6 Å². The Morgan fingerprint density at radius 2 is 1.82 bits per heavy atom. The normalized spacial score (nSPS) is 13.6. The first-order chi connectivity index (χ1) is 16.7. The molecule has 2 N–H and O–H groups in total. The summed E-state index contributed by atoms with van der Waals surface area (Å²) >= 11 is 1.73. The molecular formula is C27H24N6S. The van der Waals surface area contributed by atoms with E-state index in [1.54, 1.807) is 11.3 Å². The molecule has 34 heavy (non-hydrogen) atoms. The summed E-state index contributed by atoms with van der Waals surface area (Å²) in [5.74, 6) is 0.760. The van der Waals surface area contributed by atoms with Crippen molar-refractivity contribution in [3.8, 4) is 27.6 Å². The minimum Gasteiger partial charge on any atom is -0.399 e.